The second kappa shape index (κ2) is 11.8. The van der Waals surface area contributed by atoms with Gasteiger partial charge in [-0.3, -0.25) is 4.79 Å². The number of alkyl halides is 2. The lowest BCUT2D eigenvalue weighted by Gasteiger charge is -2.25. The highest BCUT2D eigenvalue weighted by atomic mass is 35.5. The Kier molecular flexibility index (Phi) is 8.29. The fourth-order valence-electron chi connectivity index (χ4n) is 3.74. The summed E-state index contributed by atoms with van der Waals surface area (Å²) in [7, 11) is 0. The van der Waals surface area contributed by atoms with Crippen LogP contribution in [0.3, 0.4) is 0 Å². The van der Waals surface area contributed by atoms with Gasteiger partial charge >= 0.3 is 12.8 Å². The predicted octanol–water partition coefficient (Wildman–Crippen LogP) is 6.22. The lowest BCUT2D eigenvalue weighted by Crippen LogP contribution is -2.25. The molecule has 1 amide bonds. The molecule has 194 valence electrons. The van der Waals surface area contributed by atoms with Crippen molar-refractivity contribution < 1.29 is 42.4 Å². The van der Waals surface area contributed by atoms with Crippen LogP contribution in [0, 0.1) is 0 Å². The summed E-state index contributed by atoms with van der Waals surface area (Å²) >= 11 is 6.35. The van der Waals surface area contributed by atoms with E-state index in [1.807, 2.05) is 0 Å². The number of nitrogens with one attached hydrogen (secondary N) is 1. The minimum atomic E-state index is -2.88. The molecular weight excluding hydrogens is 512 g/mol. The van der Waals surface area contributed by atoms with Gasteiger partial charge in [0.1, 0.15) is 29.1 Å². The third-order valence-electron chi connectivity index (χ3n) is 5.48. The summed E-state index contributed by atoms with van der Waals surface area (Å²) in [5.74, 6) is 0.945. The molecule has 1 aliphatic rings. The molecule has 1 heterocycles. The zero-order valence-electron chi connectivity index (χ0n) is 19.3. The smallest absolute Gasteiger partial charge is 0.493 e. The topological polar surface area (TPSA) is 103 Å². The number of ether oxygens (including phenoxy) is 4. The highest BCUT2D eigenvalue weighted by molar-refractivity contribution is 6.32. The van der Waals surface area contributed by atoms with Crippen LogP contribution in [-0.2, 0) is 11.2 Å². The van der Waals surface area contributed by atoms with Gasteiger partial charge in [0.05, 0.1) is 11.6 Å². The maximum absolute atomic E-state index is 12.5. The minimum Gasteiger partial charge on any atom is -0.493 e. The zero-order valence-corrected chi connectivity index (χ0v) is 20.0. The molecule has 0 radical (unpaired) electrons. The van der Waals surface area contributed by atoms with Crippen molar-refractivity contribution in [1.29, 1.82) is 0 Å². The zero-order chi connectivity index (χ0) is 26.4. The van der Waals surface area contributed by atoms with Crippen molar-refractivity contribution in [3.8, 4) is 23.0 Å². The fraction of sp³-hybridized carbons (Fsp3) is 0.231. The Morgan fingerprint density at radius 1 is 1.08 bits per heavy atom. The third-order valence-corrected chi connectivity index (χ3v) is 5.78. The normalized spacial score (nSPS) is 14.3. The molecule has 11 heteroatoms. The Hall–Kier alpha value is -4.05. The van der Waals surface area contributed by atoms with Crippen LogP contribution >= 0.6 is 11.6 Å². The molecule has 0 saturated carbocycles. The van der Waals surface area contributed by atoms with Gasteiger partial charge in [-0.15, -0.1) is 0 Å². The SMILES string of the molecule is O=C(O)OC1CCOc2cc(Oc3ccc(C(=O)NCCc4ccc(OC(F)F)cc4)cc3)c(Cl)cc21. The van der Waals surface area contributed by atoms with Gasteiger partial charge in [-0.2, -0.15) is 8.78 Å². The first-order valence-corrected chi connectivity index (χ1v) is 11.6. The van der Waals surface area contributed by atoms with E-state index in [-0.39, 0.29) is 23.3 Å². The van der Waals surface area contributed by atoms with Crippen LogP contribution in [-0.4, -0.2) is 36.9 Å². The number of amides is 1. The Morgan fingerprint density at radius 2 is 1.78 bits per heavy atom. The largest absolute Gasteiger partial charge is 0.506 e. The molecule has 0 aromatic heterocycles. The van der Waals surface area contributed by atoms with E-state index in [2.05, 4.69) is 10.1 Å². The van der Waals surface area contributed by atoms with Crippen LogP contribution in [0.15, 0.2) is 60.7 Å². The summed E-state index contributed by atoms with van der Waals surface area (Å²) in [5, 5.41) is 12.0. The van der Waals surface area contributed by atoms with Crippen LogP contribution in [0.2, 0.25) is 5.02 Å². The van der Waals surface area contributed by atoms with E-state index in [0.717, 1.165) is 5.56 Å². The Bertz CT molecular complexity index is 1250. The van der Waals surface area contributed by atoms with E-state index in [0.29, 0.717) is 47.8 Å². The highest BCUT2D eigenvalue weighted by Crippen LogP contribution is 2.42. The Balaban J connectivity index is 1.32. The molecule has 0 saturated heterocycles. The van der Waals surface area contributed by atoms with Crippen LogP contribution < -0.4 is 19.5 Å². The van der Waals surface area contributed by atoms with Gasteiger partial charge in [-0.1, -0.05) is 23.7 Å². The number of rotatable bonds is 9. The number of fused-ring (bicyclic) bond motifs is 1. The van der Waals surface area contributed by atoms with Gasteiger partial charge in [-0.05, 0) is 54.4 Å². The number of halogens is 3. The Labute approximate surface area is 215 Å². The van der Waals surface area contributed by atoms with Gasteiger partial charge in [0.2, 0.25) is 0 Å². The number of hydrogen-bond donors (Lipinski definition) is 2. The molecule has 4 rings (SSSR count). The van der Waals surface area contributed by atoms with Crippen LogP contribution in [0.25, 0.3) is 0 Å². The fourth-order valence-corrected chi connectivity index (χ4v) is 3.95. The number of hydrogen-bond acceptors (Lipinski definition) is 6. The summed E-state index contributed by atoms with van der Waals surface area (Å²) in [6, 6.07) is 15.8. The minimum absolute atomic E-state index is 0.0747. The van der Waals surface area contributed by atoms with Gasteiger partial charge in [0, 0.05) is 30.2 Å². The van der Waals surface area contributed by atoms with Gasteiger partial charge in [0.15, 0.2) is 0 Å². The molecule has 37 heavy (non-hydrogen) atoms. The molecule has 0 fully saturated rings. The maximum Gasteiger partial charge on any atom is 0.506 e. The Morgan fingerprint density at radius 3 is 2.46 bits per heavy atom. The summed E-state index contributed by atoms with van der Waals surface area (Å²) < 4.78 is 45.1. The molecular formula is C26H22ClF2NO7. The second-order valence-corrected chi connectivity index (χ2v) is 8.39. The predicted molar refractivity (Wildman–Crippen MR) is 129 cm³/mol. The van der Waals surface area contributed by atoms with Crippen molar-refractivity contribution in [3.63, 3.8) is 0 Å². The lowest BCUT2D eigenvalue weighted by atomic mass is 10.0. The molecule has 8 nitrogen and oxygen atoms in total. The maximum atomic E-state index is 12.5. The molecule has 1 unspecified atom stereocenters. The molecule has 0 spiro atoms. The quantitative estimate of drug-likeness (QED) is 0.314. The van der Waals surface area contributed by atoms with Gasteiger partial charge < -0.3 is 29.4 Å². The van der Waals surface area contributed by atoms with Crippen LogP contribution in [0.5, 0.6) is 23.0 Å². The monoisotopic (exact) mass is 533 g/mol. The molecule has 1 atom stereocenters. The summed E-state index contributed by atoms with van der Waals surface area (Å²) in [6.45, 7) is -2.24. The van der Waals surface area contributed by atoms with Crippen molar-refractivity contribution in [2.75, 3.05) is 13.2 Å². The average Bonchev–Trinajstić information content (AvgIpc) is 2.86. The van der Waals surface area contributed by atoms with Crippen molar-refractivity contribution >= 4 is 23.7 Å². The number of carbonyl (C=O) groups is 2. The van der Waals surface area contributed by atoms with Crippen molar-refractivity contribution in [1.82, 2.24) is 5.32 Å². The molecule has 3 aromatic rings. The lowest BCUT2D eigenvalue weighted by molar-refractivity contribution is -0.0498. The third kappa shape index (κ3) is 7.01. The van der Waals surface area contributed by atoms with Crippen LogP contribution in [0.4, 0.5) is 13.6 Å². The first kappa shape index (κ1) is 26.0. The number of carbonyl (C=O) groups excluding carboxylic acids is 1. The van der Waals surface area contributed by atoms with Crippen molar-refractivity contribution in [2.45, 2.75) is 25.6 Å². The second-order valence-electron chi connectivity index (χ2n) is 7.98. The van der Waals surface area contributed by atoms with Gasteiger partial charge in [-0.25, -0.2) is 4.79 Å². The first-order valence-electron chi connectivity index (χ1n) is 11.2. The molecule has 2 N–H and O–H groups in total. The van der Waals surface area contributed by atoms with Gasteiger partial charge in [0.25, 0.3) is 5.91 Å². The summed E-state index contributed by atoms with van der Waals surface area (Å²) in [6.07, 6.45) is -1.17. The highest BCUT2D eigenvalue weighted by Gasteiger charge is 2.27. The van der Waals surface area contributed by atoms with E-state index < -0.39 is 18.9 Å². The van der Waals surface area contributed by atoms with E-state index in [4.69, 9.17) is 30.9 Å². The molecule has 0 bridgehead atoms. The molecule has 1 aliphatic heterocycles. The van der Waals surface area contributed by atoms with Crippen molar-refractivity contribution in [3.05, 3.63) is 82.4 Å². The van der Waals surface area contributed by atoms with E-state index in [1.54, 1.807) is 48.5 Å². The number of benzene rings is 3. The molecule has 0 aliphatic carbocycles. The van der Waals surface area contributed by atoms with Crippen molar-refractivity contribution in [2.24, 2.45) is 0 Å². The standard InChI is InChI=1S/C26H22ClF2NO7/c27-20-13-19-21(37-26(32)33)10-12-34-22(19)14-23(20)35-17-7-3-16(4-8-17)24(31)30-11-9-15-1-5-18(6-2-15)36-25(28)29/h1-8,13-14,21,25H,9-12H2,(H,30,31)(H,32,33). The van der Waals surface area contributed by atoms with E-state index in [1.165, 1.54) is 12.1 Å². The summed E-state index contributed by atoms with van der Waals surface area (Å²) in [5.41, 5.74) is 1.80. The molecule has 3 aromatic carbocycles. The first-order chi connectivity index (χ1) is 17.8. The van der Waals surface area contributed by atoms with E-state index in [9.17, 15) is 18.4 Å². The average molecular weight is 534 g/mol. The summed E-state index contributed by atoms with van der Waals surface area (Å²) in [4.78, 5) is 23.4. The van der Waals surface area contributed by atoms with Crippen LogP contribution in [0.1, 0.15) is 34.0 Å². The van der Waals surface area contributed by atoms with E-state index >= 15 is 0 Å². The number of carboxylic acid groups (broad SMARTS) is 1.